The molecule has 1 saturated carbocycles. The summed E-state index contributed by atoms with van der Waals surface area (Å²) >= 11 is 0. The number of carboxylic acid groups (broad SMARTS) is 1. The normalized spacial score (nSPS) is 19.5. The van der Waals surface area contributed by atoms with Gasteiger partial charge in [-0.1, -0.05) is 19.3 Å². The second-order valence-corrected chi connectivity index (χ2v) is 7.39. The minimum atomic E-state index is -1.12. The van der Waals surface area contributed by atoms with Crippen LogP contribution in [-0.4, -0.2) is 41.1 Å². The minimum Gasteiger partial charge on any atom is -0.478 e. The minimum absolute atomic E-state index is 0.0394. The van der Waals surface area contributed by atoms with E-state index in [2.05, 4.69) is 5.32 Å². The highest BCUT2D eigenvalue weighted by Crippen LogP contribution is 2.38. The van der Waals surface area contributed by atoms with Gasteiger partial charge in [-0.05, 0) is 44.9 Å². The van der Waals surface area contributed by atoms with Gasteiger partial charge in [-0.15, -0.1) is 0 Å². The van der Waals surface area contributed by atoms with E-state index >= 15 is 0 Å². The molecule has 2 aliphatic rings. The van der Waals surface area contributed by atoms with Gasteiger partial charge >= 0.3 is 5.97 Å². The quantitative estimate of drug-likeness (QED) is 0.859. The van der Waals surface area contributed by atoms with Crippen LogP contribution in [0.25, 0.3) is 0 Å². The first-order valence-corrected chi connectivity index (χ1v) is 8.95. The van der Waals surface area contributed by atoms with Crippen molar-refractivity contribution >= 4 is 23.5 Å². The average Bonchev–Trinajstić information content (AvgIpc) is 2.59. The third-order valence-electron chi connectivity index (χ3n) is 4.89. The number of rotatable bonds is 4. The van der Waals surface area contributed by atoms with Crippen molar-refractivity contribution in [1.29, 1.82) is 0 Å². The van der Waals surface area contributed by atoms with Crippen molar-refractivity contribution in [2.45, 2.75) is 57.6 Å². The highest BCUT2D eigenvalue weighted by molar-refractivity contribution is 6.06. The molecule has 1 heterocycles. The Kier molecular flexibility index (Phi) is 4.89. The monoisotopic (exact) mass is 360 g/mol. The van der Waals surface area contributed by atoms with Crippen molar-refractivity contribution in [2.24, 2.45) is 0 Å². The topological polar surface area (TPSA) is 95.9 Å². The van der Waals surface area contributed by atoms with Crippen molar-refractivity contribution in [3.05, 3.63) is 23.8 Å². The Labute approximate surface area is 152 Å². The molecule has 2 amide bonds. The molecule has 0 atom stereocenters. The van der Waals surface area contributed by atoms with Crippen molar-refractivity contribution in [3.8, 4) is 5.75 Å². The maximum atomic E-state index is 12.8. The van der Waals surface area contributed by atoms with Crippen molar-refractivity contribution in [2.75, 3.05) is 11.4 Å². The molecule has 7 nitrogen and oxygen atoms in total. The zero-order valence-corrected chi connectivity index (χ0v) is 15.1. The number of nitrogens with one attached hydrogen (secondary N) is 1. The first kappa shape index (κ1) is 18.2. The summed E-state index contributed by atoms with van der Waals surface area (Å²) in [7, 11) is 0. The molecule has 26 heavy (non-hydrogen) atoms. The van der Waals surface area contributed by atoms with Crippen LogP contribution >= 0.6 is 0 Å². The first-order valence-electron chi connectivity index (χ1n) is 8.95. The number of hydrogen-bond acceptors (Lipinski definition) is 4. The number of carbonyl (C=O) groups is 3. The van der Waals surface area contributed by atoms with Gasteiger partial charge in [0.2, 0.25) is 5.91 Å². The maximum absolute atomic E-state index is 12.8. The number of ether oxygens (including phenoxy) is 1. The molecule has 1 fully saturated rings. The molecule has 1 aromatic rings. The predicted octanol–water partition coefficient (Wildman–Crippen LogP) is 2.34. The second kappa shape index (κ2) is 6.97. The van der Waals surface area contributed by atoms with Crippen LogP contribution in [-0.2, 0) is 9.59 Å². The summed E-state index contributed by atoms with van der Waals surface area (Å²) in [5, 5.41) is 12.2. The molecule has 1 aromatic carbocycles. The zero-order valence-electron chi connectivity index (χ0n) is 15.1. The molecule has 140 valence electrons. The van der Waals surface area contributed by atoms with Crippen LogP contribution < -0.4 is 15.0 Å². The Balaban J connectivity index is 1.84. The van der Waals surface area contributed by atoms with Crippen LogP contribution in [0.1, 0.15) is 56.3 Å². The largest absolute Gasteiger partial charge is 0.478 e. The molecular formula is C19H24N2O5. The van der Waals surface area contributed by atoms with E-state index in [4.69, 9.17) is 4.74 Å². The van der Waals surface area contributed by atoms with E-state index in [1.165, 1.54) is 29.5 Å². The Morgan fingerprint density at radius 2 is 1.96 bits per heavy atom. The molecule has 0 unspecified atom stereocenters. The predicted molar refractivity (Wildman–Crippen MR) is 95.5 cm³/mol. The standard InChI is InChI=1S/C19H24N2O5/c1-19(2)18(25)21(11-16(22)20-13-6-4-3-5-7-13)14-10-12(17(23)24)8-9-15(14)26-19/h8-10,13H,3-7,11H2,1-2H3,(H,20,22)(H,23,24). The van der Waals surface area contributed by atoms with E-state index in [0.717, 1.165) is 25.7 Å². The number of nitrogens with zero attached hydrogens (tertiary/aromatic N) is 1. The first-order chi connectivity index (χ1) is 12.3. The Morgan fingerprint density at radius 1 is 1.27 bits per heavy atom. The Bertz CT molecular complexity index is 737. The van der Waals surface area contributed by atoms with Crippen LogP contribution in [0.3, 0.4) is 0 Å². The Hall–Kier alpha value is -2.57. The van der Waals surface area contributed by atoms with Crippen LogP contribution in [0.4, 0.5) is 5.69 Å². The van der Waals surface area contributed by atoms with E-state index in [0.29, 0.717) is 11.4 Å². The molecule has 0 saturated heterocycles. The number of aromatic carboxylic acids is 1. The van der Waals surface area contributed by atoms with Crippen LogP contribution in [0.15, 0.2) is 18.2 Å². The lowest BCUT2D eigenvalue weighted by Crippen LogP contribution is -2.55. The van der Waals surface area contributed by atoms with Crippen molar-refractivity contribution in [3.63, 3.8) is 0 Å². The summed E-state index contributed by atoms with van der Waals surface area (Å²) in [6, 6.07) is 4.47. The number of hydrogen-bond donors (Lipinski definition) is 2. The fourth-order valence-corrected chi connectivity index (χ4v) is 3.52. The molecule has 0 radical (unpaired) electrons. The van der Waals surface area contributed by atoms with Gasteiger partial charge in [-0.3, -0.25) is 14.5 Å². The van der Waals surface area contributed by atoms with Crippen LogP contribution in [0.2, 0.25) is 0 Å². The third-order valence-corrected chi connectivity index (χ3v) is 4.89. The number of benzene rings is 1. The van der Waals surface area contributed by atoms with Crippen molar-refractivity contribution < 1.29 is 24.2 Å². The highest BCUT2D eigenvalue weighted by Gasteiger charge is 2.42. The maximum Gasteiger partial charge on any atom is 0.335 e. The molecule has 0 spiro atoms. The molecule has 1 aliphatic heterocycles. The number of carboxylic acids is 1. The third kappa shape index (κ3) is 3.66. The van der Waals surface area contributed by atoms with E-state index < -0.39 is 11.6 Å². The smallest absolute Gasteiger partial charge is 0.335 e. The van der Waals surface area contributed by atoms with Gasteiger partial charge in [0.25, 0.3) is 5.91 Å². The molecule has 3 rings (SSSR count). The van der Waals surface area contributed by atoms with Gasteiger partial charge in [-0.2, -0.15) is 0 Å². The average molecular weight is 360 g/mol. The fourth-order valence-electron chi connectivity index (χ4n) is 3.52. The van der Waals surface area contributed by atoms with E-state index in [1.54, 1.807) is 13.8 Å². The van der Waals surface area contributed by atoms with Crippen LogP contribution in [0.5, 0.6) is 5.75 Å². The van der Waals surface area contributed by atoms with E-state index in [9.17, 15) is 19.5 Å². The summed E-state index contributed by atoms with van der Waals surface area (Å²) < 4.78 is 5.71. The molecule has 0 aromatic heterocycles. The number of anilines is 1. The SMILES string of the molecule is CC1(C)Oc2ccc(C(=O)O)cc2N(CC(=O)NC2CCCCC2)C1=O. The van der Waals surface area contributed by atoms with Gasteiger partial charge in [0.1, 0.15) is 12.3 Å². The van der Waals surface area contributed by atoms with Gasteiger partial charge in [0, 0.05) is 6.04 Å². The van der Waals surface area contributed by atoms with E-state index in [1.807, 2.05) is 0 Å². The molecule has 1 aliphatic carbocycles. The highest BCUT2D eigenvalue weighted by atomic mass is 16.5. The molecule has 2 N–H and O–H groups in total. The van der Waals surface area contributed by atoms with E-state index in [-0.39, 0.29) is 30.0 Å². The lowest BCUT2D eigenvalue weighted by molar-refractivity contribution is -0.134. The summed E-state index contributed by atoms with van der Waals surface area (Å²) in [5.41, 5.74) is -0.770. The summed E-state index contributed by atoms with van der Waals surface area (Å²) in [6.45, 7) is 3.11. The summed E-state index contributed by atoms with van der Waals surface area (Å²) in [6.07, 6.45) is 5.29. The Morgan fingerprint density at radius 3 is 2.62 bits per heavy atom. The van der Waals surface area contributed by atoms with Crippen molar-refractivity contribution in [1.82, 2.24) is 5.32 Å². The number of amides is 2. The summed E-state index contributed by atoms with van der Waals surface area (Å²) in [4.78, 5) is 37.9. The number of carbonyl (C=O) groups excluding carboxylic acids is 2. The van der Waals surface area contributed by atoms with Gasteiger partial charge in [0.15, 0.2) is 5.60 Å². The van der Waals surface area contributed by atoms with Gasteiger partial charge in [-0.25, -0.2) is 4.79 Å². The molecule has 7 heteroatoms. The number of fused-ring (bicyclic) bond motifs is 1. The lowest BCUT2D eigenvalue weighted by atomic mass is 9.95. The van der Waals surface area contributed by atoms with Gasteiger partial charge < -0.3 is 15.2 Å². The molecule has 0 bridgehead atoms. The van der Waals surface area contributed by atoms with Crippen LogP contribution in [0, 0.1) is 0 Å². The lowest BCUT2D eigenvalue weighted by Gasteiger charge is -2.38. The zero-order chi connectivity index (χ0) is 18.9. The second-order valence-electron chi connectivity index (χ2n) is 7.39. The fraction of sp³-hybridized carbons (Fsp3) is 0.526. The summed E-state index contributed by atoms with van der Waals surface area (Å²) in [5.74, 6) is -1.32. The van der Waals surface area contributed by atoms with Gasteiger partial charge in [0.05, 0.1) is 11.3 Å². The molecular weight excluding hydrogens is 336 g/mol.